The van der Waals surface area contributed by atoms with E-state index in [0.717, 1.165) is 0 Å². The van der Waals surface area contributed by atoms with Gasteiger partial charge in [-0.05, 0) is 37.3 Å². The van der Waals surface area contributed by atoms with Crippen LogP contribution in [0, 0.1) is 5.92 Å². The molecule has 2 aromatic rings. The Balaban J connectivity index is 1.84. The molecule has 1 aliphatic heterocycles. The fourth-order valence-corrected chi connectivity index (χ4v) is 4.00. The van der Waals surface area contributed by atoms with Gasteiger partial charge in [-0.1, -0.05) is 5.16 Å². The first-order chi connectivity index (χ1) is 12.5. The molecule has 2 aliphatic rings. The number of hydrogen-bond donors (Lipinski definition) is 1. The van der Waals surface area contributed by atoms with E-state index in [1.807, 2.05) is 0 Å². The van der Waals surface area contributed by atoms with Gasteiger partial charge >= 0.3 is 18.1 Å². The van der Waals surface area contributed by atoms with Crippen LogP contribution in [-0.2, 0) is 12.4 Å². The number of fused-ring (bicyclic) bond motifs is 2. The molecule has 1 saturated carbocycles. The lowest BCUT2D eigenvalue weighted by atomic mass is 9.98. The molecule has 0 unspecified atom stereocenters. The molecule has 146 valence electrons. The summed E-state index contributed by atoms with van der Waals surface area (Å²) in [5, 5.41) is 3.58. The molecule has 1 aliphatic carbocycles. The van der Waals surface area contributed by atoms with E-state index < -0.39 is 41.2 Å². The summed E-state index contributed by atoms with van der Waals surface area (Å²) in [6, 6.07) is -0.407. The van der Waals surface area contributed by atoms with Gasteiger partial charge in [0.25, 0.3) is 0 Å². The number of nitrogens with zero attached hydrogens (tertiary/aromatic N) is 3. The first kappa shape index (κ1) is 17.9. The average molecular weight is 394 g/mol. The molecule has 2 fully saturated rings. The molecule has 4 rings (SSSR count). The Morgan fingerprint density at radius 2 is 1.85 bits per heavy atom. The molecule has 1 saturated heterocycles. The minimum Gasteiger partial charge on any atom is -0.343 e. The number of hydrogen-bond acceptors (Lipinski definition) is 5. The van der Waals surface area contributed by atoms with Gasteiger partial charge in [0.2, 0.25) is 0 Å². The number of anilines is 1. The van der Waals surface area contributed by atoms with Gasteiger partial charge in [0.05, 0.1) is 11.6 Å². The van der Waals surface area contributed by atoms with Gasteiger partial charge in [0.15, 0.2) is 5.82 Å². The molecule has 0 aromatic carbocycles. The average Bonchev–Trinajstić information content (AvgIpc) is 3.27. The quantitative estimate of drug-likeness (QED) is 0.789. The molecule has 2 bridgehead atoms. The van der Waals surface area contributed by atoms with Gasteiger partial charge in [-0.2, -0.15) is 26.3 Å². The lowest BCUT2D eigenvalue weighted by molar-refractivity contribution is -0.145. The van der Waals surface area contributed by atoms with Crippen LogP contribution < -0.4 is 10.7 Å². The molecule has 0 amide bonds. The zero-order valence-corrected chi connectivity index (χ0v) is 13.4. The Morgan fingerprint density at radius 1 is 1.11 bits per heavy atom. The Morgan fingerprint density at radius 3 is 2.44 bits per heavy atom. The van der Waals surface area contributed by atoms with Crippen LogP contribution in [0.2, 0.25) is 0 Å². The highest BCUT2D eigenvalue weighted by molar-refractivity contribution is 5.49. The minimum absolute atomic E-state index is 0.00912. The van der Waals surface area contributed by atoms with E-state index in [4.69, 9.17) is 0 Å². The highest BCUT2D eigenvalue weighted by Crippen LogP contribution is 2.51. The van der Waals surface area contributed by atoms with Crippen LogP contribution in [0.3, 0.4) is 0 Å². The number of H-pyrrole nitrogens is 1. The maximum absolute atomic E-state index is 13.1. The fraction of sp³-hybridized carbons (Fsp3) is 0.533. The van der Waals surface area contributed by atoms with Crippen LogP contribution in [-0.4, -0.2) is 21.2 Å². The summed E-state index contributed by atoms with van der Waals surface area (Å²) in [4.78, 5) is 18.4. The third-order valence-corrected chi connectivity index (χ3v) is 5.02. The Kier molecular flexibility index (Phi) is 3.79. The van der Waals surface area contributed by atoms with Crippen molar-refractivity contribution < 1.29 is 30.9 Å². The standard InChI is InChI=1S/C15H12F6N4O2/c16-14(17,18)7-4-9(15(19,20)21)22-10(5-7)25-8-2-1-6(3-8)11(25)12-23-13(26)27-24-12/h4-6,8,11H,1-3H2,(H,23,24,26)/t6-,8+,11-/m0/s1. The van der Waals surface area contributed by atoms with Crippen molar-refractivity contribution in [3.63, 3.8) is 0 Å². The lowest BCUT2D eigenvalue weighted by Crippen LogP contribution is -2.37. The van der Waals surface area contributed by atoms with E-state index in [9.17, 15) is 31.1 Å². The number of halogens is 6. The third-order valence-electron chi connectivity index (χ3n) is 5.02. The van der Waals surface area contributed by atoms with Crippen LogP contribution in [0.1, 0.15) is 42.4 Å². The highest BCUT2D eigenvalue weighted by atomic mass is 19.4. The van der Waals surface area contributed by atoms with Gasteiger partial charge in [-0.15, -0.1) is 0 Å². The van der Waals surface area contributed by atoms with Gasteiger partial charge in [-0.25, -0.2) is 9.78 Å². The maximum Gasteiger partial charge on any atom is 0.438 e. The SMILES string of the molecule is O=c1[nH]c([C@@H]2[C@H]3CC[C@H](C3)N2c2cc(C(F)(F)F)cc(C(F)(F)F)n2)no1. The minimum atomic E-state index is -5.04. The van der Waals surface area contributed by atoms with Crippen LogP contribution in [0.15, 0.2) is 21.5 Å². The lowest BCUT2D eigenvalue weighted by Gasteiger charge is -2.35. The van der Waals surface area contributed by atoms with Gasteiger partial charge in [0, 0.05) is 6.04 Å². The maximum atomic E-state index is 13.1. The van der Waals surface area contributed by atoms with Crippen molar-refractivity contribution in [1.29, 1.82) is 0 Å². The van der Waals surface area contributed by atoms with Crippen molar-refractivity contribution in [3.05, 3.63) is 39.8 Å². The molecule has 1 N–H and O–H groups in total. The summed E-state index contributed by atoms with van der Waals surface area (Å²) in [5.74, 6) is -1.31. The predicted molar refractivity (Wildman–Crippen MR) is 77.7 cm³/mol. The van der Waals surface area contributed by atoms with Crippen molar-refractivity contribution in [2.24, 2.45) is 5.92 Å². The molecule has 0 spiro atoms. The second kappa shape index (κ2) is 5.73. The highest BCUT2D eigenvalue weighted by Gasteiger charge is 2.50. The van der Waals surface area contributed by atoms with Gasteiger partial charge in [-0.3, -0.25) is 9.51 Å². The van der Waals surface area contributed by atoms with Crippen LogP contribution in [0.25, 0.3) is 0 Å². The van der Waals surface area contributed by atoms with Crippen LogP contribution >= 0.6 is 0 Å². The zero-order valence-electron chi connectivity index (χ0n) is 13.4. The normalized spacial score (nSPS) is 25.4. The molecule has 3 heterocycles. The van der Waals surface area contributed by atoms with E-state index in [1.54, 1.807) is 0 Å². The molecule has 2 aromatic heterocycles. The monoisotopic (exact) mass is 394 g/mol. The summed E-state index contributed by atoms with van der Waals surface area (Å²) in [6.07, 6.45) is -8.13. The van der Waals surface area contributed by atoms with E-state index in [2.05, 4.69) is 19.6 Å². The second-order valence-electron chi connectivity index (χ2n) is 6.65. The van der Waals surface area contributed by atoms with Gasteiger partial charge < -0.3 is 4.90 Å². The predicted octanol–water partition coefficient (Wildman–Crippen LogP) is 3.53. The summed E-state index contributed by atoms with van der Waals surface area (Å²) >= 11 is 0. The fourth-order valence-electron chi connectivity index (χ4n) is 4.00. The number of pyridine rings is 1. The Hall–Kier alpha value is -2.53. The van der Waals surface area contributed by atoms with E-state index in [0.29, 0.717) is 25.3 Å². The van der Waals surface area contributed by atoms with Crippen molar-refractivity contribution in [2.45, 2.75) is 43.7 Å². The molecule has 27 heavy (non-hydrogen) atoms. The second-order valence-corrected chi connectivity index (χ2v) is 6.65. The van der Waals surface area contributed by atoms with Crippen molar-refractivity contribution in [2.75, 3.05) is 4.90 Å². The van der Waals surface area contributed by atoms with Crippen LogP contribution in [0.4, 0.5) is 32.2 Å². The third kappa shape index (κ3) is 3.06. The first-order valence-electron chi connectivity index (χ1n) is 8.05. The van der Waals surface area contributed by atoms with E-state index in [-0.39, 0.29) is 23.9 Å². The topological polar surface area (TPSA) is 75.0 Å². The number of nitrogens with one attached hydrogen (secondary N) is 1. The number of rotatable bonds is 2. The van der Waals surface area contributed by atoms with Crippen molar-refractivity contribution in [3.8, 4) is 0 Å². The number of piperidine rings is 1. The van der Waals surface area contributed by atoms with Crippen molar-refractivity contribution in [1.82, 2.24) is 15.1 Å². The van der Waals surface area contributed by atoms with Crippen molar-refractivity contribution >= 4 is 5.82 Å². The zero-order chi connectivity index (χ0) is 19.6. The van der Waals surface area contributed by atoms with Crippen LogP contribution in [0.5, 0.6) is 0 Å². The Bertz CT molecular complexity index is 886. The summed E-state index contributed by atoms with van der Waals surface area (Å²) < 4.78 is 83.2. The molecular weight excluding hydrogens is 382 g/mol. The smallest absolute Gasteiger partial charge is 0.343 e. The van der Waals surface area contributed by atoms with E-state index >= 15 is 0 Å². The first-order valence-corrected chi connectivity index (χ1v) is 8.05. The number of aromatic nitrogens is 3. The number of alkyl halides is 6. The Labute approximate surface area is 147 Å². The van der Waals surface area contributed by atoms with Gasteiger partial charge in [0.1, 0.15) is 11.5 Å². The summed E-state index contributed by atoms with van der Waals surface area (Å²) in [5.41, 5.74) is -3.06. The number of aromatic amines is 1. The molecule has 0 radical (unpaired) electrons. The molecule has 3 atom stereocenters. The summed E-state index contributed by atoms with van der Waals surface area (Å²) in [7, 11) is 0. The molecular formula is C15H12F6N4O2. The largest absolute Gasteiger partial charge is 0.438 e. The summed E-state index contributed by atoms with van der Waals surface area (Å²) in [6.45, 7) is 0. The molecule has 12 heteroatoms. The van der Waals surface area contributed by atoms with E-state index in [1.165, 1.54) is 4.90 Å². The molecule has 6 nitrogen and oxygen atoms in total.